The monoisotopic (exact) mass is 427 g/mol. The Morgan fingerprint density at radius 3 is 2.30 bits per heavy atom. The van der Waals surface area contributed by atoms with Crippen LogP contribution in [0, 0.1) is 19.9 Å². The molecule has 1 rings (SSSR count). The molecule has 0 aliphatic heterocycles. The van der Waals surface area contributed by atoms with Gasteiger partial charge < -0.3 is 25.5 Å². The largest absolute Gasteiger partial charge is 0.436 e. The summed E-state index contributed by atoms with van der Waals surface area (Å²) in [4.78, 5) is 36.9. The number of nitroso groups, excluding NO2 is 2. The van der Waals surface area contributed by atoms with Crippen molar-refractivity contribution < 1.29 is 9.66 Å². The number of hydrogen-bond donors (Lipinski definition) is 2. The van der Waals surface area contributed by atoms with E-state index >= 15 is 0 Å². The molecule has 0 aromatic carbocycles. The first-order valence-corrected chi connectivity index (χ1v) is 9.95. The minimum Gasteiger partial charge on any atom is -0.390 e. The van der Waals surface area contributed by atoms with Crippen molar-refractivity contribution in [2.75, 3.05) is 19.7 Å². The van der Waals surface area contributed by atoms with Crippen LogP contribution in [-0.2, 0) is 4.74 Å². The summed E-state index contributed by atoms with van der Waals surface area (Å²) in [6.45, 7) is 12.3. The van der Waals surface area contributed by atoms with Gasteiger partial charge in [-0.15, -0.1) is 0 Å². The van der Waals surface area contributed by atoms with E-state index in [1.54, 1.807) is 27.7 Å². The zero-order valence-corrected chi connectivity index (χ0v) is 18.5. The number of nitro groups is 1. The van der Waals surface area contributed by atoms with Gasteiger partial charge in [-0.3, -0.25) is 0 Å². The van der Waals surface area contributed by atoms with E-state index in [1.165, 1.54) is 17.0 Å². The van der Waals surface area contributed by atoms with Crippen molar-refractivity contribution in [3.05, 3.63) is 32.3 Å². The molecule has 3 unspecified atom stereocenters. The van der Waals surface area contributed by atoms with Gasteiger partial charge in [-0.25, -0.2) is 4.57 Å². The van der Waals surface area contributed by atoms with Gasteiger partial charge in [-0.2, -0.15) is 9.81 Å². The molecule has 0 aliphatic rings. The zero-order chi connectivity index (χ0) is 22.9. The first kappa shape index (κ1) is 25.7. The smallest absolute Gasteiger partial charge is 0.390 e. The third kappa shape index (κ3) is 6.61. The predicted molar refractivity (Wildman–Crippen MR) is 113 cm³/mol. The van der Waals surface area contributed by atoms with Gasteiger partial charge in [0.25, 0.3) is 0 Å². The summed E-state index contributed by atoms with van der Waals surface area (Å²) in [6.07, 6.45) is 2.43. The van der Waals surface area contributed by atoms with Crippen molar-refractivity contribution >= 4 is 5.95 Å². The minimum atomic E-state index is -0.977. The Balaban J connectivity index is 2.81. The standard InChI is InChI=1S/C18H33N7O5/c1-7-30-15(24-12-11-19-16(24)25(28)29)14(23-27)18(5,6)21-10-8-9-20-17(3,4)13(2)22-26/h11-15,20-21H,7-10H2,1-6H3. The van der Waals surface area contributed by atoms with Crippen LogP contribution >= 0.6 is 0 Å². The second-order valence-electron chi connectivity index (χ2n) is 8.22. The van der Waals surface area contributed by atoms with E-state index in [4.69, 9.17) is 4.74 Å². The van der Waals surface area contributed by atoms with Crippen LogP contribution in [0.25, 0.3) is 0 Å². The average molecular weight is 428 g/mol. The first-order valence-electron chi connectivity index (χ1n) is 9.95. The molecule has 0 bridgehead atoms. The van der Waals surface area contributed by atoms with Crippen molar-refractivity contribution in [3.63, 3.8) is 0 Å². The highest BCUT2D eigenvalue weighted by molar-refractivity contribution is 5.10. The van der Waals surface area contributed by atoms with Crippen LogP contribution < -0.4 is 10.6 Å². The van der Waals surface area contributed by atoms with Crippen LogP contribution in [0.15, 0.2) is 22.7 Å². The molecule has 2 N–H and O–H groups in total. The topological polar surface area (TPSA) is 153 Å². The molecular weight excluding hydrogens is 394 g/mol. The molecule has 0 saturated carbocycles. The summed E-state index contributed by atoms with van der Waals surface area (Å²) >= 11 is 0. The molecule has 1 aromatic heterocycles. The molecule has 0 spiro atoms. The molecule has 0 radical (unpaired) electrons. The van der Waals surface area contributed by atoms with Gasteiger partial charge in [-0.1, -0.05) is 15.3 Å². The maximum atomic E-state index is 11.7. The lowest BCUT2D eigenvalue weighted by molar-refractivity contribution is -0.398. The highest BCUT2D eigenvalue weighted by atomic mass is 16.6. The Labute approximate surface area is 176 Å². The van der Waals surface area contributed by atoms with Crippen LogP contribution in [-0.4, -0.2) is 57.3 Å². The molecular formula is C18H33N7O5. The third-order valence-electron chi connectivity index (χ3n) is 5.26. The molecule has 0 aliphatic carbocycles. The minimum absolute atomic E-state index is 0.240. The molecule has 0 amide bonds. The Kier molecular flexibility index (Phi) is 9.59. The summed E-state index contributed by atoms with van der Waals surface area (Å²) in [5.41, 5.74) is -1.24. The van der Waals surface area contributed by atoms with Gasteiger partial charge in [0.1, 0.15) is 18.4 Å². The maximum Gasteiger partial charge on any atom is 0.436 e. The van der Waals surface area contributed by atoms with E-state index in [0.717, 1.165) is 0 Å². The number of rotatable bonds is 15. The molecule has 12 nitrogen and oxygen atoms in total. The van der Waals surface area contributed by atoms with Crippen LogP contribution in [0.3, 0.4) is 0 Å². The zero-order valence-electron chi connectivity index (χ0n) is 18.5. The summed E-state index contributed by atoms with van der Waals surface area (Å²) in [7, 11) is 0. The van der Waals surface area contributed by atoms with Gasteiger partial charge in [-0.05, 0) is 66.0 Å². The first-order chi connectivity index (χ1) is 14.0. The Hall–Kier alpha value is -2.31. The molecule has 0 fully saturated rings. The van der Waals surface area contributed by atoms with Crippen molar-refractivity contribution in [2.24, 2.45) is 10.4 Å². The normalized spacial score (nSPS) is 15.4. The molecule has 170 valence electrons. The summed E-state index contributed by atoms with van der Waals surface area (Å²) < 4.78 is 6.88. The molecule has 3 atom stereocenters. The van der Waals surface area contributed by atoms with Gasteiger partial charge in [0, 0.05) is 17.7 Å². The molecule has 1 aromatic rings. The van der Waals surface area contributed by atoms with Crippen LogP contribution in [0.4, 0.5) is 5.95 Å². The van der Waals surface area contributed by atoms with E-state index in [0.29, 0.717) is 19.5 Å². The second-order valence-corrected chi connectivity index (χ2v) is 8.22. The Morgan fingerprint density at radius 2 is 1.80 bits per heavy atom. The van der Waals surface area contributed by atoms with Crippen LogP contribution in [0.2, 0.25) is 0 Å². The molecule has 1 heterocycles. The molecule has 30 heavy (non-hydrogen) atoms. The fraction of sp³-hybridized carbons (Fsp3) is 0.833. The van der Waals surface area contributed by atoms with E-state index in [1.807, 2.05) is 13.8 Å². The Morgan fingerprint density at radius 1 is 1.20 bits per heavy atom. The van der Waals surface area contributed by atoms with Gasteiger partial charge in [0.2, 0.25) is 6.23 Å². The van der Waals surface area contributed by atoms with E-state index in [2.05, 4.69) is 26.0 Å². The maximum absolute atomic E-state index is 11.7. The lowest BCUT2D eigenvalue weighted by Gasteiger charge is -2.34. The number of ether oxygens (including phenoxy) is 1. The average Bonchev–Trinajstić information content (AvgIpc) is 3.16. The van der Waals surface area contributed by atoms with Crippen molar-refractivity contribution in [1.29, 1.82) is 0 Å². The lowest BCUT2D eigenvalue weighted by Crippen LogP contribution is -2.53. The molecule has 12 heteroatoms. The number of nitrogens with one attached hydrogen (secondary N) is 2. The number of imidazole rings is 1. The lowest BCUT2D eigenvalue weighted by atomic mass is 9.93. The van der Waals surface area contributed by atoms with E-state index < -0.39 is 34.2 Å². The molecule has 0 saturated heterocycles. The number of aromatic nitrogens is 2. The van der Waals surface area contributed by atoms with Crippen molar-refractivity contribution in [1.82, 2.24) is 20.2 Å². The fourth-order valence-electron chi connectivity index (χ4n) is 2.97. The Bertz CT molecular complexity index is 707. The summed E-state index contributed by atoms with van der Waals surface area (Å²) in [6, 6.07) is -1.32. The van der Waals surface area contributed by atoms with Crippen molar-refractivity contribution in [2.45, 2.75) is 77.4 Å². The number of hydrogen-bond acceptors (Lipinski definition) is 10. The van der Waals surface area contributed by atoms with E-state index in [9.17, 15) is 19.9 Å². The van der Waals surface area contributed by atoms with Gasteiger partial charge in [0.15, 0.2) is 6.04 Å². The second kappa shape index (κ2) is 11.2. The highest BCUT2D eigenvalue weighted by Gasteiger charge is 2.42. The van der Waals surface area contributed by atoms with Crippen LogP contribution in [0.5, 0.6) is 0 Å². The quantitative estimate of drug-likeness (QED) is 0.187. The van der Waals surface area contributed by atoms with Gasteiger partial charge >= 0.3 is 5.95 Å². The predicted octanol–water partition coefficient (Wildman–Crippen LogP) is 2.74. The summed E-state index contributed by atoms with van der Waals surface area (Å²) in [5, 5.41) is 24.1. The summed E-state index contributed by atoms with van der Waals surface area (Å²) in [5.74, 6) is -0.415. The van der Waals surface area contributed by atoms with Gasteiger partial charge in [0.05, 0.1) is 0 Å². The fourth-order valence-corrected chi connectivity index (χ4v) is 2.97. The SMILES string of the molecule is CCOC(C(N=O)C(C)(C)NCCCNC(C)(C)C(C)N=O)n1ccnc1[N+](=O)[O-]. The third-order valence-corrected chi connectivity index (χ3v) is 5.26. The van der Waals surface area contributed by atoms with Crippen molar-refractivity contribution in [3.8, 4) is 0 Å². The number of nitrogens with zero attached hydrogens (tertiary/aromatic N) is 5. The van der Waals surface area contributed by atoms with Crippen LogP contribution in [0.1, 0.15) is 54.2 Å². The highest BCUT2D eigenvalue weighted by Crippen LogP contribution is 2.29. The van der Waals surface area contributed by atoms with E-state index in [-0.39, 0.29) is 12.6 Å².